The molecule has 118 valence electrons. The van der Waals surface area contributed by atoms with Crippen molar-refractivity contribution in [2.24, 2.45) is 0 Å². The van der Waals surface area contributed by atoms with Crippen LogP contribution in [0.15, 0.2) is 54.6 Å². The minimum Gasteiger partial charge on any atom is -0.485 e. The van der Waals surface area contributed by atoms with E-state index >= 15 is 0 Å². The van der Waals surface area contributed by atoms with Crippen LogP contribution in [-0.4, -0.2) is 26.4 Å². The summed E-state index contributed by atoms with van der Waals surface area (Å²) in [6.45, 7) is 0.385. The van der Waals surface area contributed by atoms with Crippen molar-refractivity contribution in [3.63, 3.8) is 0 Å². The van der Waals surface area contributed by atoms with Crippen molar-refractivity contribution in [3.8, 4) is 22.1 Å². The van der Waals surface area contributed by atoms with E-state index in [-0.39, 0.29) is 6.10 Å². The summed E-state index contributed by atoms with van der Waals surface area (Å²) in [5.41, 5.74) is 1.06. The second-order valence-corrected chi connectivity index (χ2v) is 6.35. The molecule has 24 heavy (non-hydrogen) atoms. The molecule has 7 heteroatoms. The highest BCUT2D eigenvalue weighted by Gasteiger charge is 2.28. The molecule has 1 atom stereocenters. The summed E-state index contributed by atoms with van der Waals surface area (Å²) in [5, 5.41) is 14.0. The SMILES string of the molecule is c1ccc(-c2nn3c([C@H]4COc5ccccc5O4)nnc3s2)cc1. The zero-order chi connectivity index (χ0) is 15.9. The number of ether oxygens (including phenoxy) is 2. The van der Waals surface area contributed by atoms with Gasteiger partial charge < -0.3 is 9.47 Å². The van der Waals surface area contributed by atoms with Crippen molar-refractivity contribution in [3.05, 3.63) is 60.4 Å². The highest BCUT2D eigenvalue weighted by Crippen LogP contribution is 2.36. The van der Waals surface area contributed by atoms with Crippen LogP contribution >= 0.6 is 11.3 Å². The van der Waals surface area contributed by atoms with E-state index < -0.39 is 0 Å². The molecule has 0 fully saturated rings. The highest BCUT2D eigenvalue weighted by atomic mass is 32.1. The number of para-hydroxylation sites is 2. The van der Waals surface area contributed by atoms with Gasteiger partial charge in [0, 0.05) is 5.56 Å². The van der Waals surface area contributed by atoms with Crippen LogP contribution in [0.1, 0.15) is 11.9 Å². The Balaban J connectivity index is 1.53. The quantitative estimate of drug-likeness (QED) is 0.562. The van der Waals surface area contributed by atoms with Crippen molar-refractivity contribution < 1.29 is 9.47 Å². The summed E-state index contributed by atoms with van der Waals surface area (Å²) in [7, 11) is 0. The molecule has 0 bridgehead atoms. The van der Waals surface area contributed by atoms with Gasteiger partial charge in [-0.1, -0.05) is 53.8 Å². The van der Waals surface area contributed by atoms with Gasteiger partial charge in [0.2, 0.25) is 4.96 Å². The van der Waals surface area contributed by atoms with Gasteiger partial charge in [0.15, 0.2) is 23.4 Å². The molecule has 5 rings (SSSR count). The predicted molar refractivity (Wildman–Crippen MR) is 89.4 cm³/mol. The molecule has 0 radical (unpaired) electrons. The van der Waals surface area contributed by atoms with E-state index in [4.69, 9.17) is 9.47 Å². The molecule has 0 saturated heterocycles. The normalized spacial score (nSPS) is 16.4. The van der Waals surface area contributed by atoms with Gasteiger partial charge in [-0.2, -0.15) is 9.61 Å². The number of rotatable bonds is 2. The van der Waals surface area contributed by atoms with Gasteiger partial charge in [-0.05, 0) is 12.1 Å². The Hall–Kier alpha value is -2.93. The molecule has 3 heterocycles. The van der Waals surface area contributed by atoms with Crippen LogP contribution in [0.25, 0.3) is 15.5 Å². The van der Waals surface area contributed by atoms with Crippen molar-refractivity contribution in [1.29, 1.82) is 0 Å². The average Bonchev–Trinajstić information content (AvgIpc) is 3.23. The van der Waals surface area contributed by atoms with Gasteiger partial charge in [-0.15, -0.1) is 10.2 Å². The maximum atomic E-state index is 6.02. The molecule has 0 spiro atoms. The smallest absolute Gasteiger partial charge is 0.235 e. The molecule has 6 nitrogen and oxygen atoms in total. The molecule has 1 aliphatic rings. The third kappa shape index (κ3) is 2.13. The first-order valence-corrected chi connectivity index (χ1v) is 8.36. The summed E-state index contributed by atoms with van der Waals surface area (Å²) < 4.78 is 13.5. The summed E-state index contributed by atoms with van der Waals surface area (Å²) in [5.74, 6) is 2.11. The Labute approximate surface area is 141 Å². The zero-order valence-corrected chi connectivity index (χ0v) is 13.3. The number of nitrogens with zero attached hydrogens (tertiary/aromatic N) is 4. The summed E-state index contributed by atoms with van der Waals surface area (Å²) in [4.78, 5) is 0.742. The zero-order valence-electron chi connectivity index (χ0n) is 12.5. The van der Waals surface area contributed by atoms with Gasteiger partial charge in [0.05, 0.1) is 0 Å². The Morgan fingerprint density at radius 2 is 1.75 bits per heavy atom. The van der Waals surface area contributed by atoms with Gasteiger partial charge in [0.1, 0.15) is 11.6 Å². The molecule has 0 saturated carbocycles. The number of hydrogen-bond donors (Lipinski definition) is 0. The molecule has 0 aliphatic carbocycles. The van der Waals surface area contributed by atoms with E-state index in [0.29, 0.717) is 18.2 Å². The Kier molecular flexibility index (Phi) is 2.99. The van der Waals surface area contributed by atoms with Crippen LogP contribution in [0.5, 0.6) is 11.5 Å². The minimum atomic E-state index is -0.333. The topological polar surface area (TPSA) is 61.5 Å². The van der Waals surface area contributed by atoms with Gasteiger partial charge >= 0.3 is 0 Å². The fraction of sp³-hybridized carbons (Fsp3) is 0.118. The third-order valence-corrected chi connectivity index (χ3v) is 4.78. The van der Waals surface area contributed by atoms with Crippen LogP contribution in [0, 0.1) is 0 Å². The van der Waals surface area contributed by atoms with Crippen molar-refractivity contribution in [1.82, 2.24) is 19.8 Å². The Morgan fingerprint density at radius 1 is 0.958 bits per heavy atom. The Bertz CT molecular complexity index is 1010. The predicted octanol–water partition coefficient (Wildman–Crippen LogP) is 3.37. The minimum absolute atomic E-state index is 0.333. The maximum Gasteiger partial charge on any atom is 0.235 e. The summed E-state index contributed by atoms with van der Waals surface area (Å²) >= 11 is 1.50. The fourth-order valence-corrected chi connectivity index (χ4v) is 3.53. The maximum absolute atomic E-state index is 6.02. The number of fused-ring (bicyclic) bond motifs is 2. The lowest BCUT2D eigenvalue weighted by atomic mass is 10.2. The number of aromatic nitrogens is 4. The summed E-state index contributed by atoms with van der Waals surface area (Å²) in [6.07, 6.45) is -0.333. The number of benzene rings is 2. The first-order valence-electron chi connectivity index (χ1n) is 7.54. The van der Waals surface area contributed by atoms with Crippen molar-refractivity contribution >= 4 is 16.3 Å². The van der Waals surface area contributed by atoms with E-state index in [2.05, 4.69) is 15.3 Å². The molecular weight excluding hydrogens is 324 g/mol. The van der Waals surface area contributed by atoms with Crippen LogP contribution in [0.2, 0.25) is 0 Å². The van der Waals surface area contributed by atoms with Crippen LogP contribution in [0.4, 0.5) is 0 Å². The second-order valence-electron chi connectivity index (χ2n) is 5.39. The van der Waals surface area contributed by atoms with Crippen molar-refractivity contribution in [2.75, 3.05) is 6.61 Å². The van der Waals surface area contributed by atoms with Gasteiger partial charge in [0.25, 0.3) is 0 Å². The van der Waals surface area contributed by atoms with Crippen LogP contribution in [0.3, 0.4) is 0 Å². The standard InChI is InChI=1S/C17H12N4O2S/c1-2-6-11(7-3-1)16-20-21-15(18-19-17(21)24-16)14-10-22-12-8-4-5-9-13(12)23-14/h1-9,14H,10H2/t14-/m1/s1. The lowest BCUT2D eigenvalue weighted by Gasteiger charge is -2.24. The van der Waals surface area contributed by atoms with E-state index in [1.807, 2.05) is 54.6 Å². The summed E-state index contributed by atoms with van der Waals surface area (Å²) in [6, 6.07) is 17.6. The first-order chi connectivity index (χ1) is 11.9. The molecular formula is C17H12N4O2S. The van der Waals surface area contributed by atoms with E-state index in [1.165, 1.54) is 11.3 Å². The molecule has 2 aromatic carbocycles. The molecule has 0 amide bonds. The fourth-order valence-electron chi connectivity index (χ4n) is 2.68. The van der Waals surface area contributed by atoms with E-state index in [1.54, 1.807) is 4.52 Å². The average molecular weight is 336 g/mol. The van der Waals surface area contributed by atoms with Crippen molar-refractivity contribution in [2.45, 2.75) is 6.10 Å². The van der Waals surface area contributed by atoms with Gasteiger partial charge in [-0.25, -0.2) is 0 Å². The van der Waals surface area contributed by atoms with Gasteiger partial charge in [-0.3, -0.25) is 0 Å². The van der Waals surface area contributed by atoms with E-state index in [0.717, 1.165) is 21.3 Å². The first kappa shape index (κ1) is 13.5. The molecule has 4 aromatic rings. The third-order valence-electron chi connectivity index (χ3n) is 3.83. The van der Waals surface area contributed by atoms with Crippen LogP contribution < -0.4 is 9.47 Å². The largest absolute Gasteiger partial charge is 0.485 e. The number of hydrogen-bond acceptors (Lipinski definition) is 6. The lowest BCUT2D eigenvalue weighted by Crippen LogP contribution is -2.23. The molecule has 0 N–H and O–H groups in total. The molecule has 0 unspecified atom stereocenters. The Morgan fingerprint density at radius 3 is 2.62 bits per heavy atom. The molecule has 2 aromatic heterocycles. The highest BCUT2D eigenvalue weighted by molar-refractivity contribution is 7.19. The second kappa shape index (κ2) is 5.31. The lowest BCUT2D eigenvalue weighted by molar-refractivity contribution is 0.0836. The monoisotopic (exact) mass is 336 g/mol. The van der Waals surface area contributed by atoms with E-state index in [9.17, 15) is 0 Å². The molecule has 1 aliphatic heterocycles. The van der Waals surface area contributed by atoms with Crippen LogP contribution in [-0.2, 0) is 0 Å².